The van der Waals surface area contributed by atoms with Gasteiger partial charge in [0.25, 0.3) is 5.97 Å². The van der Waals surface area contributed by atoms with Gasteiger partial charge in [-0.25, -0.2) is 4.79 Å². The fraction of sp³-hybridized carbons (Fsp3) is 0.667. The highest BCUT2D eigenvalue weighted by Crippen LogP contribution is 2.18. The van der Waals surface area contributed by atoms with Crippen LogP contribution in [0.1, 0.15) is 33.6 Å². The molecule has 1 heterocycles. The van der Waals surface area contributed by atoms with Gasteiger partial charge in [0.05, 0.1) is 6.54 Å². The SMILES string of the molecule is CC(=O)O.CC(C)[C@H](NC(=O)[C@@H]1CCCN1C(=O)CNC(N)=O)C(N)=O. The maximum Gasteiger partial charge on any atom is 0.312 e. The molecule has 1 fully saturated rings. The molecule has 11 heteroatoms. The summed E-state index contributed by atoms with van der Waals surface area (Å²) in [6.07, 6.45) is 1.17. The van der Waals surface area contributed by atoms with E-state index in [2.05, 4.69) is 10.6 Å². The van der Waals surface area contributed by atoms with E-state index in [0.29, 0.717) is 19.4 Å². The van der Waals surface area contributed by atoms with Crippen LogP contribution in [0.3, 0.4) is 0 Å². The van der Waals surface area contributed by atoms with E-state index < -0.39 is 41.8 Å². The second-order valence-corrected chi connectivity index (χ2v) is 6.11. The summed E-state index contributed by atoms with van der Waals surface area (Å²) in [5.74, 6) is -2.41. The number of nitrogens with one attached hydrogen (secondary N) is 2. The van der Waals surface area contributed by atoms with Gasteiger partial charge in [0, 0.05) is 13.5 Å². The van der Waals surface area contributed by atoms with Gasteiger partial charge in [-0.3, -0.25) is 19.2 Å². The van der Waals surface area contributed by atoms with Crippen LogP contribution in [0.25, 0.3) is 0 Å². The molecule has 1 saturated heterocycles. The molecule has 0 unspecified atom stereocenters. The highest BCUT2D eigenvalue weighted by Gasteiger charge is 2.35. The molecule has 11 nitrogen and oxygen atoms in total. The molecule has 1 aliphatic heterocycles. The lowest BCUT2D eigenvalue weighted by molar-refractivity contribution is -0.138. The monoisotopic (exact) mass is 373 g/mol. The molecular formula is C15H27N5O6. The number of primary amides is 2. The Kier molecular flexibility index (Phi) is 9.71. The van der Waals surface area contributed by atoms with E-state index in [1.165, 1.54) is 4.90 Å². The van der Waals surface area contributed by atoms with Gasteiger partial charge in [0.1, 0.15) is 12.1 Å². The quantitative estimate of drug-likeness (QED) is 0.371. The first-order valence-corrected chi connectivity index (χ1v) is 8.09. The Morgan fingerprint density at radius 1 is 1.19 bits per heavy atom. The van der Waals surface area contributed by atoms with Crippen LogP contribution >= 0.6 is 0 Å². The van der Waals surface area contributed by atoms with Gasteiger partial charge in [-0.1, -0.05) is 13.8 Å². The number of hydrogen-bond acceptors (Lipinski definition) is 5. The van der Waals surface area contributed by atoms with Crippen LogP contribution < -0.4 is 22.1 Å². The number of carboxylic acids is 1. The molecule has 0 aromatic rings. The summed E-state index contributed by atoms with van der Waals surface area (Å²) in [6, 6.07) is -2.25. The van der Waals surface area contributed by atoms with Crippen molar-refractivity contribution in [2.24, 2.45) is 17.4 Å². The van der Waals surface area contributed by atoms with Gasteiger partial charge >= 0.3 is 6.03 Å². The molecule has 1 rings (SSSR count). The minimum Gasteiger partial charge on any atom is -0.481 e. The van der Waals surface area contributed by atoms with E-state index in [1.54, 1.807) is 13.8 Å². The van der Waals surface area contributed by atoms with E-state index in [9.17, 15) is 19.2 Å². The molecule has 0 spiro atoms. The molecule has 0 aliphatic carbocycles. The Labute approximate surface area is 151 Å². The molecule has 0 saturated carbocycles. The summed E-state index contributed by atoms with van der Waals surface area (Å²) in [5.41, 5.74) is 10.2. The fourth-order valence-corrected chi connectivity index (χ4v) is 2.42. The third kappa shape index (κ3) is 8.31. The highest BCUT2D eigenvalue weighted by atomic mass is 16.4. The third-order valence-electron chi connectivity index (χ3n) is 3.56. The predicted molar refractivity (Wildman–Crippen MR) is 91.6 cm³/mol. The van der Waals surface area contributed by atoms with Crippen molar-refractivity contribution in [1.29, 1.82) is 0 Å². The normalized spacial score (nSPS) is 16.9. The number of carboxylic acid groups (broad SMARTS) is 1. The predicted octanol–water partition coefficient (Wildman–Crippen LogP) is -1.64. The maximum absolute atomic E-state index is 12.3. The standard InChI is InChI=1S/C13H23N5O4.C2H4O2/c1-7(2)10(11(14)20)17-12(21)8-4-3-5-18(8)9(19)6-16-13(15)22;1-2(3)4/h7-8,10H,3-6H2,1-2H3,(H2,14,20)(H,17,21)(H3,15,16,22);1H3,(H,3,4)/t8-,10-;/m0./s1. The topological polar surface area (TPSA) is 185 Å². The van der Waals surface area contributed by atoms with Gasteiger partial charge < -0.3 is 32.1 Å². The van der Waals surface area contributed by atoms with Crippen LogP contribution in [0.4, 0.5) is 4.79 Å². The van der Waals surface area contributed by atoms with Crippen LogP contribution in [0.5, 0.6) is 0 Å². The van der Waals surface area contributed by atoms with Crippen LogP contribution in [-0.2, 0) is 19.2 Å². The van der Waals surface area contributed by atoms with Crippen molar-refractivity contribution in [3.8, 4) is 0 Å². The molecule has 2 atom stereocenters. The second kappa shape index (κ2) is 10.9. The molecule has 0 aromatic carbocycles. The largest absolute Gasteiger partial charge is 0.481 e. The molecule has 0 bridgehead atoms. The number of hydrogen-bond donors (Lipinski definition) is 5. The van der Waals surface area contributed by atoms with Crippen LogP contribution in [-0.4, -0.2) is 64.9 Å². The number of likely N-dealkylation sites (tertiary alicyclic amines) is 1. The number of rotatable bonds is 6. The fourth-order valence-electron chi connectivity index (χ4n) is 2.42. The first-order chi connectivity index (χ1) is 12.0. The lowest BCUT2D eigenvalue weighted by atomic mass is 10.0. The third-order valence-corrected chi connectivity index (χ3v) is 3.56. The number of nitrogens with zero attached hydrogens (tertiary/aromatic N) is 1. The Morgan fingerprint density at radius 3 is 2.15 bits per heavy atom. The molecule has 1 aliphatic rings. The molecule has 7 N–H and O–H groups in total. The Balaban J connectivity index is 0.00000141. The van der Waals surface area contributed by atoms with Gasteiger partial charge in [0.15, 0.2) is 0 Å². The van der Waals surface area contributed by atoms with Crippen molar-refractivity contribution >= 4 is 29.7 Å². The summed E-state index contributed by atoms with van der Waals surface area (Å²) < 4.78 is 0. The summed E-state index contributed by atoms with van der Waals surface area (Å²) in [7, 11) is 0. The summed E-state index contributed by atoms with van der Waals surface area (Å²) in [6.45, 7) is 4.77. The minimum atomic E-state index is -0.833. The van der Waals surface area contributed by atoms with Crippen molar-refractivity contribution in [1.82, 2.24) is 15.5 Å². The number of aliphatic carboxylic acids is 1. The van der Waals surface area contributed by atoms with Crippen LogP contribution in [0.15, 0.2) is 0 Å². The number of amides is 5. The van der Waals surface area contributed by atoms with E-state index in [1.807, 2.05) is 0 Å². The van der Waals surface area contributed by atoms with Gasteiger partial charge in [0.2, 0.25) is 17.7 Å². The average molecular weight is 373 g/mol. The second-order valence-electron chi connectivity index (χ2n) is 6.11. The molecule has 5 amide bonds. The molecular weight excluding hydrogens is 346 g/mol. The molecule has 26 heavy (non-hydrogen) atoms. The molecule has 0 aromatic heterocycles. The van der Waals surface area contributed by atoms with Crippen molar-refractivity contribution < 1.29 is 29.1 Å². The van der Waals surface area contributed by atoms with E-state index >= 15 is 0 Å². The number of nitrogens with two attached hydrogens (primary N) is 2. The zero-order valence-corrected chi connectivity index (χ0v) is 15.2. The highest BCUT2D eigenvalue weighted by molar-refractivity contribution is 5.93. The summed E-state index contributed by atoms with van der Waals surface area (Å²) in [5, 5.41) is 12.2. The minimum absolute atomic E-state index is 0.150. The van der Waals surface area contributed by atoms with Crippen molar-refractivity contribution in [2.75, 3.05) is 13.1 Å². The van der Waals surface area contributed by atoms with Gasteiger partial charge in [-0.05, 0) is 18.8 Å². The van der Waals surface area contributed by atoms with Crippen LogP contribution in [0.2, 0.25) is 0 Å². The van der Waals surface area contributed by atoms with E-state index in [-0.39, 0.29) is 12.5 Å². The zero-order valence-electron chi connectivity index (χ0n) is 15.2. The zero-order chi connectivity index (χ0) is 20.4. The Bertz CT molecular complexity index is 547. The van der Waals surface area contributed by atoms with Gasteiger partial charge in [-0.15, -0.1) is 0 Å². The number of carbonyl (C=O) groups excluding carboxylic acids is 4. The summed E-state index contributed by atoms with van der Waals surface area (Å²) in [4.78, 5) is 56.7. The lowest BCUT2D eigenvalue weighted by Crippen LogP contribution is -2.55. The lowest BCUT2D eigenvalue weighted by Gasteiger charge is -2.27. The van der Waals surface area contributed by atoms with Gasteiger partial charge in [-0.2, -0.15) is 0 Å². The van der Waals surface area contributed by atoms with Crippen LogP contribution in [0, 0.1) is 5.92 Å². The van der Waals surface area contributed by atoms with Crippen molar-refractivity contribution in [3.63, 3.8) is 0 Å². The van der Waals surface area contributed by atoms with E-state index in [0.717, 1.165) is 6.92 Å². The maximum atomic E-state index is 12.3. The van der Waals surface area contributed by atoms with E-state index in [4.69, 9.17) is 21.4 Å². The number of urea groups is 1. The number of carbonyl (C=O) groups is 5. The van der Waals surface area contributed by atoms with Crippen molar-refractivity contribution in [3.05, 3.63) is 0 Å². The Morgan fingerprint density at radius 2 is 1.73 bits per heavy atom. The average Bonchev–Trinajstić information content (AvgIpc) is 2.98. The smallest absolute Gasteiger partial charge is 0.312 e. The first kappa shape index (κ1) is 23.1. The molecule has 148 valence electrons. The summed E-state index contributed by atoms with van der Waals surface area (Å²) >= 11 is 0. The Hall–Kier alpha value is -2.85. The molecule has 0 radical (unpaired) electrons. The van der Waals surface area contributed by atoms with Crippen molar-refractivity contribution in [2.45, 2.75) is 45.7 Å². The first-order valence-electron chi connectivity index (χ1n) is 8.09.